The van der Waals surface area contributed by atoms with E-state index in [2.05, 4.69) is 81.2 Å². The summed E-state index contributed by atoms with van der Waals surface area (Å²) in [6, 6.07) is 8.63. The average molecular weight is 513 g/mol. The van der Waals surface area contributed by atoms with Crippen LogP contribution in [0.5, 0.6) is 0 Å². The van der Waals surface area contributed by atoms with Crippen LogP contribution in [0.25, 0.3) is 6.08 Å². The molecule has 4 aliphatic rings. The zero-order valence-corrected chi connectivity index (χ0v) is 22.2. The summed E-state index contributed by atoms with van der Waals surface area (Å²) < 4.78 is 0. The van der Waals surface area contributed by atoms with Crippen molar-refractivity contribution in [1.82, 2.24) is 0 Å². The monoisotopic (exact) mass is 510 g/mol. The van der Waals surface area contributed by atoms with E-state index in [4.69, 9.17) is 0 Å². The molecule has 1 unspecified atom stereocenters. The fourth-order valence-corrected chi connectivity index (χ4v) is 10.3. The summed E-state index contributed by atoms with van der Waals surface area (Å²) in [4.78, 5) is 3.32. The summed E-state index contributed by atoms with van der Waals surface area (Å²) in [5, 5.41) is 3.64. The van der Waals surface area contributed by atoms with Gasteiger partial charge in [0.25, 0.3) is 0 Å². The molecule has 5 heteroatoms. The molecule has 1 saturated heterocycles. The van der Waals surface area contributed by atoms with Gasteiger partial charge in [-0.1, -0.05) is 97.2 Å². The molecule has 27 heavy (non-hydrogen) atoms. The fraction of sp³-hybridized carbons (Fsp3) is 0.364. The molecular formula is C22H26Cl2SSiZr. The Bertz CT molecular complexity index is 836. The third-order valence-corrected chi connectivity index (χ3v) is 11.2. The van der Waals surface area contributed by atoms with Crippen LogP contribution in [-0.4, -0.2) is 8.07 Å². The number of thioether (sulfide) groups is 1. The van der Waals surface area contributed by atoms with Crippen molar-refractivity contribution >= 4 is 25.9 Å². The van der Waals surface area contributed by atoms with Crippen LogP contribution in [0.15, 0.2) is 62.2 Å². The Hall–Kier alpha value is 0.210. The number of hydrogen-bond acceptors (Lipinski definition) is 1. The maximum absolute atomic E-state index is 2.50. The topological polar surface area (TPSA) is 0 Å². The normalized spacial score (nSPS) is 21.6. The van der Waals surface area contributed by atoms with Crippen molar-refractivity contribution in [3.63, 3.8) is 0 Å². The number of allylic oxidation sites excluding steroid dienone is 7. The fourth-order valence-electron chi connectivity index (χ4n) is 4.46. The molecule has 2 heterocycles. The molecule has 0 saturated carbocycles. The van der Waals surface area contributed by atoms with Gasteiger partial charge in [0.15, 0.2) is 0 Å². The van der Waals surface area contributed by atoms with E-state index in [9.17, 15) is 0 Å². The molecule has 2 aliphatic heterocycles. The summed E-state index contributed by atoms with van der Waals surface area (Å²) in [5.74, 6) is 0.793. The molecule has 0 bridgehead atoms. The minimum Gasteiger partial charge on any atom is -1.00 e. The van der Waals surface area contributed by atoms with Gasteiger partial charge in [0.1, 0.15) is 8.07 Å². The van der Waals surface area contributed by atoms with Gasteiger partial charge < -0.3 is 24.8 Å². The Labute approximate surface area is 201 Å². The van der Waals surface area contributed by atoms with Gasteiger partial charge in [-0.2, -0.15) is 0 Å². The van der Waals surface area contributed by atoms with E-state index < -0.39 is 8.07 Å². The maximum atomic E-state index is 2.50. The summed E-state index contributed by atoms with van der Waals surface area (Å²) in [6.07, 6.45) is 10.7. The number of rotatable bonds is 2. The molecule has 5 rings (SSSR count). The second-order valence-corrected chi connectivity index (χ2v) is 13.1. The van der Waals surface area contributed by atoms with E-state index in [0.29, 0.717) is 0 Å². The number of halogens is 2. The van der Waals surface area contributed by atoms with Gasteiger partial charge in [-0.25, -0.2) is 0 Å². The molecule has 2 aliphatic carbocycles. The predicted molar refractivity (Wildman–Crippen MR) is 110 cm³/mol. The van der Waals surface area contributed by atoms with Crippen LogP contribution in [0.4, 0.5) is 0 Å². The largest absolute Gasteiger partial charge is 2.00 e. The molecular weight excluding hydrogens is 487 g/mol. The zero-order chi connectivity index (χ0) is 16.9. The van der Waals surface area contributed by atoms with Crippen LogP contribution in [-0.2, 0) is 32.6 Å². The molecule has 0 amide bonds. The molecule has 0 aromatic heterocycles. The van der Waals surface area contributed by atoms with Crippen LogP contribution in [0.3, 0.4) is 0 Å². The zero-order valence-electron chi connectivity index (χ0n) is 16.4. The van der Waals surface area contributed by atoms with E-state index >= 15 is 0 Å². The summed E-state index contributed by atoms with van der Waals surface area (Å²) in [5.41, 5.74) is 4.47. The Kier molecular flexibility index (Phi) is 9.17. The molecule has 1 fully saturated rings. The smallest absolute Gasteiger partial charge is 1.00 e. The number of benzene rings is 1. The van der Waals surface area contributed by atoms with Crippen molar-refractivity contribution in [2.24, 2.45) is 5.92 Å². The van der Waals surface area contributed by atoms with Crippen molar-refractivity contribution in [2.75, 3.05) is 0 Å². The molecule has 1 aromatic carbocycles. The average Bonchev–Trinajstić information content (AvgIpc) is 3.24. The van der Waals surface area contributed by atoms with Gasteiger partial charge in [-0.15, -0.1) is 0 Å². The third kappa shape index (κ3) is 4.24. The summed E-state index contributed by atoms with van der Waals surface area (Å²) >= 11 is 2.06. The second kappa shape index (κ2) is 9.81. The molecule has 1 atom stereocenters. The number of hydrogen-bond donors (Lipinski definition) is 0. The second-order valence-electron chi connectivity index (χ2n) is 7.57. The van der Waals surface area contributed by atoms with Gasteiger partial charge in [0, 0.05) is 5.92 Å². The molecule has 0 N–H and O–H groups in total. The Morgan fingerprint density at radius 3 is 2.37 bits per heavy atom. The van der Waals surface area contributed by atoms with Crippen LogP contribution in [0.2, 0.25) is 13.1 Å². The summed E-state index contributed by atoms with van der Waals surface area (Å²) in [6.45, 7) is 9.52. The van der Waals surface area contributed by atoms with Gasteiger partial charge >= 0.3 is 26.2 Å². The van der Waals surface area contributed by atoms with E-state index in [-0.39, 0.29) is 51.0 Å². The van der Waals surface area contributed by atoms with Crippen molar-refractivity contribution in [3.8, 4) is 0 Å². The van der Waals surface area contributed by atoms with E-state index in [1.165, 1.54) is 30.4 Å². The van der Waals surface area contributed by atoms with Gasteiger partial charge in [-0.3, -0.25) is 0 Å². The minimum atomic E-state index is -1.08. The van der Waals surface area contributed by atoms with E-state index in [0.717, 1.165) is 5.92 Å². The van der Waals surface area contributed by atoms with Gasteiger partial charge in [-0.05, 0) is 40.2 Å². The van der Waals surface area contributed by atoms with E-state index in [1.54, 1.807) is 20.6 Å². The van der Waals surface area contributed by atoms with Crippen molar-refractivity contribution < 1.29 is 51.0 Å². The maximum Gasteiger partial charge on any atom is 2.00 e. The van der Waals surface area contributed by atoms with Crippen molar-refractivity contribution in [1.29, 1.82) is 0 Å². The van der Waals surface area contributed by atoms with Crippen LogP contribution < -0.4 is 24.8 Å². The first-order valence-corrected chi connectivity index (χ1v) is 13.0. The van der Waals surface area contributed by atoms with E-state index in [1.807, 2.05) is 5.20 Å². The first-order chi connectivity index (χ1) is 11.6. The predicted octanol–water partition coefficient (Wildman–Crippen LogP) is 0.679. The van der Waals surface area contributed by atoms with Crippen molar-refractivity contribution in [2.45, 2.75) is 46.2 Å². The standard InChI is InChI=1S/C11H14SSi.C11H12.2ClH.Zr/c1-4-7-11-10-8(12-7)5-6-9(10)13(11,2)3;1-2-9-7-10-5-3-4-6-11(10)8-9;;;/h5-6,10H,4H2,1-3H3;3-7H,2,8H2,1H3;2*1H;/q;;;;+2/p-2. The molecule has 0 spiro atoms. The molecule has 142 valence electrons. The van der Waals surface area contributed by atoms with Crippen LogP contribution in [0.1, 0.15) is 37.8 Å². The first kappa shape index (κ1) is 25.2. The van der Waals surface area contributed by atoms with Gasteiger partial charge in [0.05, 0.1) is 0 Å². The molecule has 0 nitrogen and oxygen atoms in total. The minimum absolute atomic E-state index is 0. The number of fused-ring (bicyclic) bond motifs is 1. The third-order valence-electron chi connectivity index (χ3n) is 5.86. The van der Waals surface area contributed by atoms with Crippen LogP contribution in [0, 0.1) is 5.92 Å². The summed E-state index contributed by atoms with van der Waals surface area (Å²) in [7, 11) is -1.08. The quantitative estimate of drug-likeness (QED) is 0.526. The molecule has 1 aromatic rings. The van der Waals surface area contributed by atoms with Crippen LogP contribution >= 0.6 is 11.8 Å². The molecule has 0 radical (unpaired) electrons. The Balaban J connectivity index is 0.000000246. The van der Waals surface area contributed by atoms with Gasteiger partial charge in [0.2, 0.25) is 0 Å². The SMILES string of the molecule is CCC1=C2C3C(=CC=C3[Si]2(C)C)S1.CCC1=Cc2ccccc2C1.[Cl-].[Cl-].[Zr+2]. The Morgan fingerprint density at radius 1 is 1.04 bits per heavy atom. The Morgan fingerprint density at radius 2 is 1.74 bits per heavy atom. The van der Waals surface area contributed by atoms with Crippen molar-refractivity contribution in [3.05, 3.63) is 73.3 Å². The first-order valence-electron chi connectivity index (χ1n) is 9.17.